The Labute approximate surface area is 300 Å². The fourth-order valence-electron chi connectivity index (χ4n) is 8.15. The second-order valence-corrected chi connectivity index (χ2v) is 17.5. The standard InChI is InChI=1S/C44H84O4/c1-37(2)27-17-9-13-21-31-43(41(45)47-35-25-15-11-19-29-39(5)6)33-23-24-34-44(43,32-22-14-10-18-28-38(3)4)42(46)48-36-26-16-12-20-30-40(7)8/h37-40H,9-36H2,1-8H3. The maximum absolute atomic E-state index is 14.5. The molecule has 2 unspecified atom stereocenters. The summed E-state index contributed by atoms with van der Waals surface area (Å²) in [5.74, 6) is 2.77. The summed E-state index contributed by atoms with van der Waals surface area (Å²) in [6, 6.07) is 0. The average molecular weight is 677 g/mol. The summed E-state index contributed by atoms with van der Waals surface area (Å²) < 4.78 is 12.5. The molecule has 0 aliphatic heterocycles. The first-order valence-electron chi connectivity index (χ1n) is 21.3. The van der Waals surface area contributed by atoms with Crippen LogP contribution in [0.15, 0.2) is 0 Å². The lowest BCUT2D eigenvalue weighted by Crippen LogP contribution is -2.56. The van der Waals surface area contributed by atoms with Gasteiger partial charge in [-0.1, -0.05) is 184 Å². The fraction of sp³-hybridized carbons (Fsp3) is 0.955. The molecule has 0 radical (unpaired) electrons. The summed E-state index contributed by atoms with van der Waals surface area (Å²) in [6.45, 7) is 19.3. The molecular formula is C44H84O4. The zero-order valence-electron chi connectivity index (χ0n) is 33.7. The Morgan fingerprint density at radius 3 is 0.979 bits per heavy atom. The average Bonchev–Trinajstić information content (AvgIpc) is 3.03. The third kappa shape index (κ3) is 18.3. The zero-order chi connectivity index (χ0) is 35.7. The van der Waals surface area contributed by atoms with Crippen LogP contribution >= 0.6 is 0 Å². The van der Waals surface area contributed by atoms with Gasteiger partial charge in [0.25, 0.3) is 0 Å². The third-order valence-corrected chi connectivity index (χ3v) is 11.2. The zero-order valence-corrected chi connectivity index (χ0v) is 33.7. The highest BCUT2D eigenvalue weighted by atomic mass is 16.5. The van der Waals surface area contributed by atoms with Gasteiger partial charge in [0.1, 0.15) is 0 Å². The van der Waals surface area contributed by atoms with Gasteiger partial charge < -0.3 is 9.47 Å². The monoisotopic (exact) mass is 677 g/mol. The summed E-state index contributed by atoms with van der Waals surface area (Å²) in [4.78, 5) is 29.0. The number of carbonyl (C=O) groups is 2. The van der Waals surface area contributed by atoms with E-state index in [4.69, 9.17) is 9.47 Å². The van der Waals surface area contributed by atoms with Gasteiger partial charge in [-0.05, 0) is 62.2 Å². The second-order valence-electron chi connectivity index (χ2n) is 17.5. The molecule has 0 aromatic heterocycles. The molecule has 0 heterocycles. The second kappa shape index (κ2) is 26.7. The molecule has 0 aromatic rings. The third-order valence-electron chi connectivity index (χ3n) is 11.2. The molecular weight excluding hydrogens is 592 g/mol. The van der Waals surface area contributed by atoms with Gasteiger partial charge in [-0.2, -0.15) is 0 Å². The summed E-state index contributed by atoms with van der Waals surface area (Å²) in [7, 11) is 0. The van der Waals surface area contributed by atoms with Crippen LogP contribution in [0.1, 0.15) is 222 Å². The van der Waals surface area contributed by atoms with Crippen LogP contribution in [0.3, 0.4) is 0 Å². The van der Waals surface area contributed by atoms with E-state index in [1.54, 1.807) is 0 Å². The number of esters is 2. The molecule has 0 aromatic carbocycles. The first-order valence-corrected chi connectivity index (χ1v) is 21.3. The Hall–Kier alpha value is -1.06. The number of ether oxygens (including phenoxy) is 2. The van der Waals surface area contributed by atoms with Gasteiger partial charge in [0, 0.05) is 0 Å². The van der Waals surface area contributed by atoms with Crippen LogP contribution in [0.2, 0.25) is 0 Å². The number of carbonyl (C=O) groups excluding carboxylic acids is 2. The Bertz CT molecular complexity index is 736. The maximum Gasteiger partial charge on any atom is 0.313 e. The van der Waals surface area contributed by atoms with E-state index in [1.807, 2.05) is 0 Å². The Morgan fingerprint density at radius 2 is 0.688 bits per heavy atom. The molecule has 1 aliphatic carbocycles. The highest BCUT2D eigenvalue weighted by Gasteiger charge is 2.62. The van der Waals surface area contributed by atoms with Gasteiger partial charge in [0.15, 0.2) is 0 Å². The molecule has 0 N–H and O–H groups in total. The van der Waals surface area contributed by atoms with Crippen LogP contribution in [0, 0.1) is 34.5 Å². The summed E-state index contributed by atoms with van der Waals surface area (Å²) >= 11 is 0. The Morgan fingerprint density at radius 1 is 0.417 bits per heavy atom. The van der Waals surface area contributed by atoms with E-state index in [-0.39, 0.29) is 11.9 Å². The van der Waals surface area contributed by atoms with Crippen molar-refractivity contribution in [2.75, 3.05) is 13.2 Å². The minimum absolute atomic E-state index is 0.0861. The van der Waals surface area contributed by atoms with Gasteiger partial charge in [-0.25, -0.2) is 0 Å². The van der Waals surface area contributed by atoms with Gasteiger partial charge in [0.2, 0.25) is 0 Å². The van der Waals surface area contributed by atoms with E-state index in [2.05, 4.69) is 55.4 Å². The maximum atomic E-state index is 14.5. The van der Waals surface area contributed by atoms with Crippen molar-refractivity contribution >= 4 is 11.9 Å². The van der Waals surface area contributed by atoms with Crippen LogP contribution in [0.5, 0.6) is 0 Å². The van der Waals surface area contributed by atoms with Crippen LogP contribution in [-0.2, 0) is 19.1 Å². The minimum Gasteiger partial charge on any atom is -0.465 e. The van der Waals surface area contributed by atoms with Gasteiger partial charge in [0.05, 0.1) is 24.0 Å². The molecule has 1 saturated carbocycles. The summed E-state index contributed by atoms with van der Waals surface area (Å²) in [5.41, 5.74) is -1.51. The molecule has 1 rings (SSSR count). The minimum atomic E-state index is -0.757. The smallest absolute Gasteiger partial charge is 0.313 e. The Kier molecular flexibility index (Phi) is 25.0. The van der Waals surface area contributed by atoms with Crippen LogP contribution in [0.25, 0.3) is 0 Å². The molecule has 284 valence electrons. The van der Waals surface area contributed by atoms with Crippen molar-refractivity contribution in [1.82, 2.24) is 0 Å². The lowest BCUT2D eigenvalue weighted by atomic mass is 9.52. The van der Waals surface area contributed by atoms with Crippen molar-refractivity contribution in [3.8, 4) is 0 Å². The van der Waals surface area contributed by atoms with Crippen molar-refractivity contribution in [3.63, 3.8) is 0 Å². The predicted molar refractivity (Wildman–Crippen MR) is 206 cm³/mol. The van der Waals surface area contributed by atoms with E-state index in [0.29, 0.717) is 13.2 Å². The number of unbranched alkanes of at least 4 members (excludes halogenated alkanes) is 12. The molecule has 1 aliphatic rings. The molecule has 0 amide bonds. The normalized spacial score (nSPS) is 19.9. The summed E-state index contributed by atoms with van der Waals surface area (Å²) in [6.07, 6.45) is 28.1. The van der Waals surface area contributed by atoms with Crippen molar-refractivity contribution in [2.45, 2.75) is 222 Å². The number of rotatable bonds is 30. The first-order chi connectivity index (χ1) is 23.0. The van der Waals surface area contributed by atoms with Gasteiger partial charge in [-0.3, -0.25) is 9.59 Å². The lowest BCUT2D eigenvalue weighted by molar-refractivity contribution is -0.190. The Balaban J connectivity index is 3.13. The van der Waals surface area contributed by atoms with E-state index in [0.717, 1.165) is 114 Å². The quantitative estimate of drug-likeness (QED) is 0.0561. The van der Waals surface area contributed by atoms with E-state index in [9.17, 15) is 9.59 Å². The molecule has 2 atom stereocenters. The largest absolute Gasteiger partial charge is 0.465 e. The van der Waals surface area contributed by atoms with Crippen molar-refractivity contribution in [3.05, 3.63) is 0 Å². The van der Waals surface area contributed by atoms with Crippen LogP contribution < -0.4 is 0 Å². The first kappa shape index (κ1) is 45.0. The topological polar surface area (TPSA) is 52.6 Å². The predicted octanol–water partition coefficient (Wildman–Crippen LogP) is 13.8. The number of hydrogen-bond acceptors (Lipinski definition) is 4. The van der Waals surface area contributed by atoms with Gasteiger partial charge >= 0.3 is 11.9 Å². The van der Waals surface area contributed by atoms with Crippen LogP contribution in [0.4, 0.5) is 0 Å². The van der Waals surface area contributed by atoms with Crippen molar-refractivity contribution in [2.24, 2.45) is 34.5 Å². The van der Waals surface area contributed by atoms with Crippen molar-refractivity contribution in [1.29, 1.82) is 0 Å². The highest BCUT2D eigenvalue weighted by Crippen LogP contribution is 2.58. The fourth-order valence-corrected chi connectivity index (χ4v) is 8.15. The molecule has 0 bridgehead atoms. The molecule has 4 nitrogen and oxygen atoms in total. The van der Waals surface area contributed by atoms with Gasteiger partial charge in [-0.15, -0.1) is 0 Å². The SMILES string of the molecule is CC(C)CCCCCCOC(=O)C1(CCCCCCC(C)C)CCCCC1(CCCCCCC(C)C)C(=O)OCCCCCCC(C)C. The van der Waals surface area contributed by atoms with Crippen LogP contribution in [-0.4, -0.2) is 25.2 Å². The highest BCUT2D eigenvalue weighted by molar-refractivity contribution is 5.89. The number of hydrogen-bond donors (Lipinski definition) is 0. The lowest BCUT2D eigenvalue weighted by Gasteiger charge is -2.50. The molecule has 48 heavy (non-hydrogen) atoms. The molecule has 0 spiro atoms. The van der Waals surface area contributed by atoms with E-state index >= 15 is 0 Å². The van der Waals surface area contributed by atoms with E-state index < -0.39 is 10.8 Å². The molecule has 1 fully saturated rings. The molecule has 0 saturated heterocycles. The van der Waals surface area contributed by atoms with Crippen molar-refractivity contribution < 1.29 is 19.1 Å². The summed E-state index contributed by atoms with van der Waals surface area (Å²) in [5, 5.41) is 0. The van der Waals surface area contributed by atoms with E-state index in [1.165, 1.54) is 77.0 Å². The molecule has 4 heteroatoms.